The Kier molecular flexibility index (Phi) is 4.82. The van der Waals surface area contributed by atoms with Crippen molar-refractivity contribution in [3.05, 3.63) is 0 Å². The van der Waals surface area contributed by atoms with Crippen LogP contribution in [0.25, 0.3) is 0 Å². The lowest BCUT2D eigenvalue weighted by molar-refractivity contribution is -0.141. The average Bonchev–Trinajstić information content (AvgIpc) is 2.24. The number of aliphatic carboxylic acids is 1. The van der Waals surface area contributed by atoms with Crippen LogP contribution < -0.4 is 10.6 Å². The molecule has 1 fully saturated rings. The normalized spacial score (nSPS) is 20.4. The first-order chi connectivity index (χ1) is 8.64. The first-order valence-electron chi connectivity index (χ1n) is 6.95. The summed E-state index contributed by atoms with van der Waals surface area (Å²) in [4.78, 5) is 23.2. The summed E-state index contributed by atoms with van der Waals surface area (Å²) in [5.41, 5.74) is -0.722. The zero-order chi connectivity index (χ0) is 14.7. The lowest BCUT2D eigenvalue weighted by atomic mass is 9.83. The molecule has 5 heteroatoms. The van der Waals surface area contributed by atoms with Crippen LogP contribution in [-0.2, 0) is 4.79 Å². The molecule has 0 heterocycles. The molecule has 110 valence electrons. The van der Waals surface area contributed by atoms with Gasteiger partial charge in [-0.05, 0) is 25.2 Å². The molecule has 0 unspecified atom stereocenters. The highest BCUT2D eigenvalue weighted by Gasteiger charge is 2.35. The molecule has 0 saturated heterocycles. The van der Waals surface area contributed by atoms with Crippen LogP contribution in [0.5, 0.6) is 0 Å². The van der Waals surface area contributed by atoms with Gasteiger partial charge in [0.1, 0.15) is 6.04 Å². The van der Waals surface area contributed by atoms with Crippen molar-refractivity contribution in [1.82, 2.24) is 10.6 Å². The Morgan fingerprint density at radius 3 is 2.11 bits per heavy atom. The SMILES string of the molecule is CC1(NC(=O)N[C@H](C(=O)O)C(C)(C)C)CCCCC1. The fourth-order valence-electron chi connectivity index (χ4n) is 2.55. The first-order valence-corrected chi connectivity index (χ1v) is 6.95. The third-order valence-electron chi connectivity index (χ3n) is 3.76. The molecule has 0 aromatic rings. The van der Waals surface area contributed by atoms with E-state index in [0.717, 1.165) is 25.7 Å². The predicted molar refractivity (Wildman–Crippen MR) is 74.0 cm³/mol. The summed E-state index contributed by atoms with van der Waals surface area (Å²) >= 11 is 0. The van der Waals surface area contributed by atoms with Gasteiger partial charge in [-0.1, -0.05) is 40.0 Å². The molecule has 1 saturated carbocycles. The van der Waals surface area contributed by atoms with Crippen LogP contribution in [0.3, 0.4) is 0 Å². The maximum Gasteiger partial charge on any atom is 0.326 e. The average molecular weight is 270 g/mol. The third-order valence-corrected chi connectivity index (χ3v) is 3.76. The molecule has 1 aliphatic carbocycles. The van der Waals surface area contributed by atoms with Gasteiger partial charge in [0.05, 0.1) is 0 Å². The summed E-state index contributed by atoms with van der Waals surface area (Å²) in [5.74, 6) is -1.00. The maximum absolute atomic E-state index is 12.0. The van der Waals surface area contributed by atoms with Gasteiger partial charge in [-0.3, -0.25) is 0 Å². The van der Waals surface area contributed by atoms with Crippen molar-refractivity contribution in [2.45, 2.75) is 71.4 Å². The Labute approximate surface area is 115 Å². The van der Waals surface area contributed by atoms with Crippen LogP contribution in [0.1, 0.15) is 59.8 Å². The predicted octanol–water partition coefficient (Wildman–Crippen LogP) is 2.51. The van der Waals surface area contributed by atoms with Crippen LogP contribution in [0.2, 0.25) is 0 Å². The molecule has 0 aromatic carbocycles. The highest BCUT2D eigenvalue weighted by Crippen LogP contribution is 2.27. The van der Waals surface area contributed by atoms with Gasteiger partial charge in [0.2, 0.25) is 0 Å². The Hall–Kier alpha value is -1.26. The second kappa shape index (κ2) is 5.80. The first kappa shape index (κ1) is 15.8. The standard InChI is InChI=1S/C14H26N2O3/c1-13(2,3)10(11(17)18)15-12(19)16-14(4)8-6-5-7-9-14/h10H,5-9H2,1-4H3,(H,17,18)(H2,15,16,19)/t10-/m1/s1. The van der Waals surface area contributed by atoms with Gasteiger partial charge in [0, 0.05) is 5.54 Å². The fourth-order valence-corrected chi connectivity index (χ4v) is 2.55. The van der Waals surface area contributed by atoms with Crippen LogP contribution in [0, 0.1) is 5.41 Å². The molecule has 0 aliphatic heterocycles. The molecule has 1 rings (SSSR count). The summed E-state index contributed by atoms with van der Waals surface area (Å²) in [6.07, 6.45) is 5.33. The number of carbonyl (C=O) groups is 2. The van der Waals surface area contributed by atoms with E-state index in [0.29, 0.717) is 0 Å². The van der Waals surface area contributed by atoms with E-state index in [2.05, 4.69) is 10.6 Å². The van der Waals surface area contributed by atoms with Crippen molar-refractivity contribution < 1.29 is 14.7 Å². The Bertz CT molecular complexity index is 341. The lowest BCUT2D eigenvalue weighted by Crippen LogP contribution is -2.57. The molecular formula is C14H26N2O3. The van der Waals surface area contributed by atoms with E-state index in [4.69, 9.17) is 0 Å². The smallest absolute Gasteiger partial charge is 0.326 e. The van der Waals surface area contributed by atoms with E-state index in [1.54, 1.807) is 20.8 Å². The molecule has 0 bridgehead atoms. The molecule has 0 radical (unpaired) electrons. The monoisotopic (exact) mass is 270 g/mol. The van der Waals surface area contributed by atoms with Gasteiger partial charge in [0.25, 0.3) is 0 Å². The van der Waals surface area contributed by atoms with Crippen LogP contribution in [0.4, 0.5) is 4.79 Å². The molecule has 2 amide bonds. The Morgan fingerprint density at radius 2 is 1.68 bits per heavy atom. The highest BCUT2D eigenvalue weighted by atomic mass is 16.4. The number of hydrogen-bond donors (Lipinski definition) is 3. The van der Waals surface area contributed by atoms with Gasteiger partial charge < -0.3 is 15.7 Å². The quantitative estimate of drug-likeness (QED) is 0.737. The number of hydrogen-bond acceptors (Lipinski definition) is 2. The number of nitrogens with one attached hydrogen (secondary N) is 2. The minimum absolute atomic E-state index is 0.205. The topological polar surface area (TPSA) is 78.4 Å². The summed E-state index contributed by atoms with van der Waals surface area (Å²) in [7, 11) is 0. The maximum atomic E-state index is 12.0. The van der Waals surface area contributed by atoms with Crippen molar-refractivity contribution in [3.63, 3.8) is 0 Å². The summed E-state index contributed by atoms with van der Waals surface area (Å²) in [6, 6.07) is -1.27. The summed E-state index contributed by atoms with van der Waals surface area (Å²) in [5, 5.41) is 14.7. The van der Waals surface area contributed by atoms with Gasteiger partial charge in [-0.25, -0.2) is 9.59 Å². The molecular weight excluding hydrogens is 244 g/mol. The van der Waals surface area contributed by atoms with E-state index in [-0.39, 0.29) is 11.6 Å². The Balaban J connectivity index is 2.60. The lowest BCUT2D eigenvalue weighted by Gasteiger charge is -2.36. The van der Waals surface area contributed by atoms with Crippen molar-refractivity contribution in [1.29, 1.82) is 0 Å². The zero-order valence-electron chi connectivity index (χ0n) is 12.4. The molecule has 1 aliphatic rings. The van der Waals surface area contributed by atoms with Gasteiger partial charge in [-0.2, -0.15) is 0 Å². The second-order valence-corrected chi connectivity index (χ2v) is 6.86. The molecule has 0 spiro atoms. The van der Waals surface area contributed by atoms with Crippen LogP contribution >= 0.6 is 0 Å². The number of carboxylic acids is 1. The van der Waals surface area contributed by atoms with E-state index in [9.17, 15) is 14.7 Å². The van der Waals surface area contributed by atoms with Crippen LogP contribution in [0.15, 0.2) is 0 Å². The van der Waals surface area contributed by atoms with Gasteiger partial charge in [0.15, 0.2) is 0 Å². The number of rotatable bonds is 3. The number of urea groups is 1. The van der Waals surface area contributed by atoms with Crippen molar-refractivity contribution in [2.75, 3.05) is 0 Å². The number of carbonyl (C=O) groups excluding carboxylic acids is 1. The molecule has 0 aromatic heterocycles. The molecule has 5 nitrogen and oxygen atoms in total. The van der Waals surface area contributed by atoms with E-state index >= 15 is 0 Å². The van der Waals surface area contributed by atoms with Crippen molar-refractivity contribution in [2.24, 2.45) is 5.41 Å². The van der Waals surface area contributed by atoms with Gasteiger partial charge in [-0.15, -0.1) is 0 Å². The van der Waals surface area contributed by atoms with Crippen molar-refractivity contribution in [3.8, 4) is 0 Å². The largest absolute Gasteiger partial charge is 0.480 e. The Morgan fingerprint density at radius 1 is 1.16 bits per heavy atom. The second-order valence-electron chi connectivity index (χ2n) is 6.86. The highest BCUT2D eigenvalue weighted by molar-refractivity contribution is 5.83. The minimum atomic E-state index is -1.00. The van der Waals surface area contributed by atoms with E-state index in [1.165, 1.54) is 6.42 Å². The van der Waals surface area contributed by atoms with E-state index < -0.39 is 17.4 Å². The summed E-state index contributed by atoms with van der Waals surface area (Å²) < 4.78 is 0. The fraction of sp³-hybridized carbons (Fsp3) is 0.857. The summed E-state index contributed by atoms with van der Waals surface area (Å²) in [6.45, 7) is 7.43. The van der Waals surface area contributed by atoms with Crippen molar-refractivity contribution >= 4 is 12.0 Å². The molecule has 19 heavy (non-hydrogen) atoms. The van der Waals surface area contributed by atoms with E-state index in [1.807, 2.05) is 6.92 Å². The molecule has 1 atom stereocenters. The minimum Gasteiger partial charge on any atom is -0.480 e. The third kappa shape index (κ3) is 4.73. The van der Waals surface area contributed by atoms with Gasteiger partial charge >= 0.3 is 12.0 Å². The molecule has 3 N–H and O–H groups in total. The number of carboxylic acid groups (broad SMARTS) is 1. The number of amides is 2. The zero-order valence-corrected chi connectivity index (χ0v) is 12.4. The van der Waals surface area contributed by atoms with Crippen LogP contribution in [-0.4, -0.2) is 28.7 Å².